The van der Waals surface area contributed by atoms with Gasteiger partial charge in [-0.2, -0.15) is 0 Å². The van der Waals surface area contributed by atoms with Gasteiger partial charge in [-0.15, -0.1) is 11.6 Å². The van der Waals surface area contributed by atoms with E-state index in [9.17, 15) is 18.7 Å². The third-order valence-electron chi connectivity index (χ3n) is 5.48. The number of nitrogens with one attached hydrogen (secondary N) is 1. The Morgan fingerprint density at radius 2 is 2.06 bits per heavy atom. The number of nitrogens with zero attached hydrogens (tertiary/aromatic N) is 3. The summed E-state index contributed by atoms with van der Waals surface area (Å²) in [6.45, 7) is 5.70. The number of halogens is 3. The minimum atomic E-state index is -2.58. The molecule has 2 aliphatic rings. The molecule has 0 spiro atoms. The lowest BCUT2D eigenvalue weighted by atomic mass is 10.0. The van der Waals surface area contributed by atoms with Gasteiger partial charge in [0, 0.05) is 13.0 Å². The maximum atomic E-state index is 12.3. The van der Waals surface area contributed by atoms with E-state index in [0.717, 1.165) is 6.42 Å². The molecule has 11 heteroatoms. The van der Waals surface area contributed by atoms with Gasteiger partial charge in [0.25, 0.3) is 6.43 Å². The summed E-state index contributed by atoms with van der Waals surface area (Å²) >= 11 is 6.57. The minimum absolute atomic E-state index is 0.0845. The highest BCUT2D eigenvalue weighted by atomic mass is 35.5. The number of alkyl halides is 3. The van der Waals surface area contributed by atoms with Crippen molar-refractivity contribution in [1.29, 1.82) is 0 Å². The molecule has 1 amide bonds. The summed E-state index contributed by atoms with van der Waals surface area (Å²) in [4.78, 5) is 22.6. The molecule has 1 fully saturated rings. The second kappa shape index (κ2) is 11.4. The van der Waals surface area contributed by atoms with Gasteiger partial charge in [-0.25, -0.2) is 18.8 Å². The van der Waals surface area contributed by atoms with Gasteiger partial charge in [0.2, 0.25) is 5.91 Å². The molecule has 0 radical (unpaired) electrons. The zero-order valence-corrected chi connectivity index (χ0v) is 20.2. The molecule has 8 nitrogen and oxygen atoms in total. The van der Waals surface area contributed by atoms with E-state index in [-0.39, 0.29) is 12.7 Å². The molecular weight excluding hydrogens is 470 g/mol. The summed E-state index contributed by atoms with van der Waals surface area (Å²) in [6, 6.07) is 7.06. The van der Waals surface area contributed by atoms with Crippen LogP contribution in [0.25, 0.3) is 0 Å². The Hall–Kier alpha value is -2.30. The fourth-order valence-electron chi connectivity index (χ4n) is 3.65. The molecule has 2 N–H and O–H groups in total. The lowest BCUT2D eigenvalue weighted by Crippen LogP contribution is -2.45. The van der Waals surface area contributed by atoms with Crippen LogP contribution in [-0.2, 0) is 9.53 Å². The van der Waals surface area contributed by atoms with Crippen LogP contribution >= 0.6 is 11.6 Å². The van der Waals surface area contributed by atoms with Crippen LogP contribution in [0.1, 0.15) is 38.7 Å². The van der Waals surface area contributed by atoms with Crippen molar-refractivity contribution in [3.05, 3.63) is 29.8 Å². The highest BCUT2D eigenvalue weighted by Crippen LogP contribution is 2.25. The van der Waals surface area contributed by atoms with E-state index in [1.807, 2.05) is 4.90 Å². The Labute approximate surface area is 203 Å². The fourth-order valence-corrected chi connectivity index (χ4v) is 3.98. The number of ether oxygens (including phenoxy) is 2. The predicted molar refractivity (Wildman–Crippen MR) is 126 cm³/mol. The van der Waals surface area contributed by atoms with E-state index in [1.165, 1.54) is 6.34 Å². The number of likely N-dealkylation sites (tertiary alicyclic amines) is 1. The smallest absolute Gasteiger partial charge is 0.255 e. The summed E-state index contributed by atoms with van der Waals surface area (Å²) in [5, 5.41) is 11.5. The average molecular weight is 501 g/mol. The molecule has 1 aromatic carbocycles. The maximum absolute atomic E-state index is 12.3. The Morgan fingerprint density at radius 3 is 2.71 bits per heavy atom. The predicted octanol–water partition coefficient (Wildman–Crippen LogP) is 2.79. The summed E-state index contributed by atoms with van der Waals surface area (Å²) in [6.07, 6.45) is -1.10. The number of amides is 1. The van der Waals surface area contributed by atoms with E-state index in [2.05, 4.69) is 15.3 Å². The van der Waals surface area contributed by atoms with Crippen LogP contribution in [0.2, 0.25) is 0 Å². The summed E-state index contributed by atoms with van der Waals surface area (Å²) in [5.74, 6) is 0.310. The molecule has 1 aromatic rings. The van der Waals surface area contributed by atoms with Crippen molar-refractivity contribution in [3.63, 3.8) is 0 Å². The third-order valence-corrected chi connectivity index (χ3v) is 5.89. The minimum Gasteiger partial charge on any atom is -0.489 e. The molecule has 1 saturated heterocycles. The van der Waals surface area contributed by atoms with Gasteiger partial charge in [0.15, 0.2) is 6.23 Å². The van der Waals surface area contributed by atoms with E-state index >= 15 is 0 Å². The lowest BCUT2D eigenvalue weighted by Gasteiger charge is -2.30. The fraction of sp³-hybridized carbons (Fsp3) is 0.609. The first-order valence-corrected chi connectivity index (χ1v) is 11.6. The normalized spacial score (nSPS) is 23.7. The van der Waals surface area contributed by atoms with Crippen LogP contribution in [0, 0.1) is 0 Å². The number of amidine groups is 1. The van der Waals surface area contributed by atoms with Gasteiger partial charge in [0.1, 0.15) is 29.4 Å². The zero-order chi connectivity index (χ0) is 24.9. The maximum Gasteiger partial charge on any atom is 0.255 e. The van der Waals surface area contributed by atoms with Gasteiger partial charge in [0.05, 0.1) is 31.2 Å². The Morgan fingerprint density at radius 1 is 1.35 bits per heavy atom. The van der Waals surface area contributed by atoms with Crippen molar-refractivity contribution in [3.8, 4) is 5.75 Å². The van der Waals surface area contributed by atoms with Gasteiger partial charge in [-0.1, -0.05) is 12.1 Å². The first-order valence-electron chi connectivity index (χ1n) is 11.2. The van der Waals surface area contributed by atoms with Gasteiger partial charge < -0.3 is 24.8 Å². The van der Waals surface area contributed by atoms with Crippen LogP contribution in [0.4, 0.5) is 8.78 Å². The lowest BCUT2D eigenvalue weighted by molar-refractivity contribution is -0.122. The number of aliphatic imine (C=N–C) groups is 2. The van der Waals surface area contributed by atoms with E-state index < -0.39 is 42.0 Å². The number of rotatable bonds is 9. The zero-order valence-electron chi connectivity index (χ0n) is 19.5. The van der Waals surface area contributed by atoms with Crippen LogP contribution in [0.3, 0.4) is 0 Å². The SMILES string of the molecule is CC(C(=O)NCC(F)F)c1ccc(O[C@@H]2CCN(C3=NC=NC(OCC(C)(C)O)C3Cl)C2)cc1. The number of aliphatic hydroxyl groups is 1. The summed E-state index contributed by atoms with van der Waals surface area (Å²) in [5.41, 5.74) is -0.277. The van der Waals surface area contributed by atoms with Crippen molar-refractivity contribution in [2.75, 3.05) is 26.2 Å². The summed E-state index contributed by atoms with van der Waals surface area (Å²) in [7, 11) is 0. The highest BCUT2D eigenvalue weighted by molar-refractivity contribution is 6.33. The number of hydrogen-bond donors (Lipinski definition) is 2. The van der Waals surface area contributed by atoms with Gasteiger partial charge in [-0.3, -0.25) is 4.79 Å². The van der Waals surface area contributed by atoms with E-state index in [4.69, 9.17) is 21.1 Å². The molecule has 3 unspecified atom stereocenters. The number of carbonyl (C=O) groups excluding carboxylic acids is 1. The largest absolute Gasteiger partial charge is 0.489 e. The monoisotopic (exact) mass is 500 g/mol. The second-order valence-electron chi connectivity index (χ2n) is 9.07. The van der Waals surface area contributed by atoms with Crippen LogP contribution in [-0.4, -0.2) is 84.1 Å². The second-order valence-corrected chi connectivity index (χ2v) is 9.54. The van der Waals surface area contributed by atoms with Gasteiger partial charge >= 0.3 is 0 Å². The molecule has 0 aromatic heterocycles. The number of carbonyl (C=O) groups is 1. The molecule has 4 atom stereocenters. The molecule has 34 heavy (non-hydrogen) atoms. The molecular formula is C23H31ClF2N4O4. The van der Waals surface area contributed by atoms with Crippen LogP contribution < -0.4 is 10.1 Å². The van der Waals surface area contributed by atoms with Gasteiger partial charge in [-0.05, 0) is 38.5 Å². The number of benzene rings is 1. The van der Waals surface area contributed by atoms with Crippen molar-refractivity contribution in [1.82, 2.24) is 10.2 Å². The van der Waals surface area contributed by atoms with E-state index in [1.54, 1.807) is 45.0 Å². The molecule has 0 bridgehead atoms. The Bertz CT molecular complexity index is 892. The third kappa shape index (κ3) is 7.35. The molecule has 3 rings (SSSR count). The molecule has 2 aliphatic heterocycles. The van der Waals surface area contributed by atoms with Crippen molar-refractivity contribution in [2.24, 2.45) is 9.98 Å². The molecule has 0 saturated carbocycles. The van der Waals surface area contributed by atoms with Crippen LogP contribution in [0.15, 0.2) is 34.3 Å². The topological polar surface area (TPSA) is 95.8 Å². The van der Waals surface area contributed by atoms with E-state index in [0.29, 0.717) is 30.2 Å². The average Bonchev–Trinajstić information content (AvgIpc) is 3.24. The van der Waals surface area contributed by atoms with Crippen molar-refractivity contribution >= 4 is 29.7 Å². The van der Waals surface area contributed by atoms with Crippen molar-refractivity contribution in [2.45, 2.75) is 62.8 Å². The first kappa shape index (κ1) is 26.3. The van der Waals surface area contributed by atoms with Crippen molar-refractivity contribution < 1.29 is 28.2 Å². The standard InChI is InChI=1S/C23H31ClF2N4O4/c1-14(21(31)27-10-18(25)26)15-4-6-16(7-5-15)34-17-8-9-30(11-17)20-19(24)22(29-13-28-20)33-12-23(2,3)32/h4-7,13-14,17-19,22,32H,8-12H2,1-3H3,(H,27,31)/t14?,17-,19?,22?/m1/s1. The Balaban J connectivity index is 1.52. The quantitative estimate of drug-likeness (QED) is 0.508. The number of hydrogen-bond acceptors (Lipinski definition) is 7. The highest BCUT2D eigenvalue weighted by Gasteiger charge is 2.35. The Kier molecular flexibility index (Phi) is 8.83. The molecule has 188 valence electrons. The van der Waals surface area contributed by atoms with Crippen LogP contribution in [0.5, 0.6) is 5.75 Å². The first-order chi connectivity index (χ1) is 16.0. The molecule has 2 heterocycles. The summed E-state index contributed by atoms with van der Waals surface area (Å²) < 4.78 is 36.4. The molecule has 0 aliphatic carbocycles.